The lowest BCUT2D eigenvalue weighted by Gasteiger charge is -2.28. The van der Waals surface area contributed by atoms with Crippen molar-refractivity contribution in [2.75, 3.05) is 33.2 Å². The average molecular weight is 211 g/mol. The zero-order chi connectivity index (χ0) is 10.7. The van der Waals surface area contributed by atoms with Gasteiger partial charge in [0.25, 0.3) is 0 Å². The molecule has 0 aliphatic carbocycles. The van der Waals surface area contributed by atoms with Crippen LogP contribution in [0.25, 0.3) is 0 Å². The largest absolute Gasteiger partial charge is 0.352 e. The van der Waals surface area contributed by atoms with Crippen LogP contribution < -0.4 is 10.6 Å². The number of nitrogens with zero attached hydrogens (tertiary/aromatic N) is 1. The topological polar surface area (TPSA) is 44.4 Å². The Morgan fingerprint density at radius 2 is 2.07 bits per heavy atom. The van der Waals surface area contributed by atoms with Gasteiger partial charge in [0, 0.05) is 18.5 Å². The first-order valence-corrected chi connectivity index (χ1v) is 5.95. The summed E-state index contributed by atoms with van der Waals surface area (Å²) in [5.41, 5.74) is 0. The SMILES string of the molecule is CN1CCC(C(=O)NC2CCNC2)CC1. The van der Waals surface area contributed by atoms with E-state index >= 15 is 0 Å². The number of amides is 1. The average Bonchev–Trinajstić information content (AvgIpc) is 2.71. The molecule has 0 saturated carbocycles. The fourth-order valence-electron chi connectivity index (χ4n) is 2.37. The molecule has 0 aromatic rings. The molecule has 0 aromatic carbocycles. The van der Waals surface area contributed by atoms with Crippen molar-refractivity contribution in [1.29, 1.82) is 0 Å². The molecule has 86 valence electrons. The fourth-order valence-corrected chi connectivity index (χ4v) is 2.37. The molecular formula is C11H21N3O. The first-order valence-electron chi connectivity index (χ1n) is 5.95. The number of hydrogen-bond donors (Lipinski definition) is 2. The molecule has 2 fully saturated rings. The maximum Gasteiger partial charge on any atom is 0.223 e. The van der Waals surface area contributed by atoms with Gasteiger partial charge in [0.15, 0.2) is 0 Å². The predicted molar refractivity (Wildman–Crippen MR) is 59.6 cm³/mol. The second-order valence-electron chi connectivity index (χ2n) is 4.78. The van der Waals surface area contributed by atoms with Crippen LogP contribution >= 0.6 is 0 Å². The number of piperidine rings is 1. The third-order valence-electron chi connectivity index (χ3n) is 3.50. The van der Waals surface area contributed by atoms with Crippen molar-refractivity contribution < 1.29 is 4.79 Å². The van der Waals surface area contributed by atoms with E-state index in [1.165, 1.54) is 0 Å². The van der Waals surface area contributed by atoms with E-state index in [0.717, 1.165) is 45.4 Å². The molecule has 1 unspecified atom stereocenters. The Labute approximate surface area is 91.4 Å². The standard InChI is InChI=1S/C11H21N3O/c1-14-6-3-9(4-7-14)11(15)13-10-2-5-12-8-10/h9-10,12H,2-8H2,1H3,(H,13,15). The Morgan fingerprint density at radius 3 is 2.67 bits per heavy atom. The van der Waals surface area contributed by atoms with Gasteiger partial charge in [0.05, 0.1) is 0 Å². The second-order valence-corrected chi connectivity index (χ2v) is 4.78. The molecule has 0 spiro atoms. The number of likely N-dealkylation sites (tertiary alicyclic amines) is 1. The zero-order valence-corrected chi connectivity index (χ0v) is 9.46. The smallest absolute Gasteiger partial charge is 0.223 e. The van der Waals surface area contributed by atoms with Gasteiger partial charge in [-0.15, -0.1) is 0 Å². The minimum Gasteiger partial charge on any atom is -0.352 e. The highest BCUT2D eigenvalue weighted by atomic mass is 16.2. The maximum absolute atomic E-state index is 11.9. The van der Waals surface area contributed by atoms with Crippen LogP contribution in [0, 0.1) is 5.92 Å². The summed E-state index contributed by atoms with van der Waals surface area (Å²) < 4.78 is 0. The monoisotopic (exact) mass is 211 g/mol. The molecule has 2 aliphatic rings. The molecule has 0 radical (unpaired) electrons. The number of nitrogens with one attached hydrogen (secondary N) is 2. The van der Waals surface area contributed by atoms with E-state index in [2.05, 4.69) is 22.6 Å². The highest BCUT2D eigenvalue weighted by Crippen LogP contribution is 2.16. The highest BCUT2D eigenvalue weighted by Gasteiger charge is 2.25. The predicted octanol–water partition coefficient (Wildman–Crippen LogP) is -0.194. The summed E-state index contributed by atoms with van der Waals surface area (Å²) in [5.74, 6) is 0.526. The Bertz CT molecular complexity index is 218. The maximum atomic E-state index is 11.9. The molecular weight excluding hydrogens is 190 g/mol. The fraction of sp³-hybridized carbons (Fsp3) is 0.909. The lowest BCUT2D eigenvalue weighted by molar-refractivity contribution is -0.126. The van der Waals surface area contributed by atoms with Crippen molar-refractivity contribution >= 4 is 5.91 Å². The van der Waals surface area contributed by atoms with Gasteiger partial charge in [-0.2, -0.15) is 0 Å². The molecule has 1 amide bonds. The summed E-state index contributed by atoms with van der Waals surface area (Å²) in [6, 6.07) is 0.372. The number of carbonyl (C=O) groups is 1. The zero-order valence-electron chi connectivity index (χ0n) is 9.46. The Morgan fingerprint density at radius 1 is 1.33 bits per heavy atom. The molecule has 2 aliphatic heterocycles. The molecule has 0 bridgehead atoms. The lowest BCUT2D eigenvalue weighted by atomic mass is 9.96. The summed E-state index contributed by atoms with van der Waals surface area (Å²) in [6.45, 7) is 4.10. The molecule has 1 atom stereocenters. The molecule has 15 heavy (non-hydrogen) atoms. The number of hydrogen-bond acceptors (Lipinski definition) is 3. The van der Waals surface area contributed by atoms with Gasteiger partial charge in [0.1, 0.15) is 0 Å². The Hall–Kier alpha value is -0.610. The normalized spacial score (nSPS) is 29.3. The highest BCUT2D eigenvalue weighted by molar-refractivity contribution is 5.79. The summed E-state index contributed by atoms with van der Waals surface area (Å²) >= 11 is 0. The third-order valence-corrected chi connectivity index (χ3v) is 3.50. The van der Waals surface area contributed by atoms with Crippen LogP contribution in [0.5, 0.6) is 0 Å². The molecule has 4 nitrogen and oxygen atoms in total. The van der Waals surface area contributed by atoms with E-state index in [1.807, 2.05) is 0 Å². The minimum absolute atomic E-state index is 0.252. The van der Waals surface area contributed by atoms with E-state index in [4.69, 9.17) is 0 Å². The molecule has 2 saturated heterocycles. The molecule has 2 N–H and O–H groups in total. The van der Waals surface area contributed by atoms with Gasteiger partial charge in [0.2, 0.25) is 5.91 Å². The second kappa shape index (κ2) is 4.94. The van der Waals surface area contributed by atoms with Crippen LogP contribution in [0.1, 0.15) is 19.3 Å². The van der Waals surface area contributed by atoms with Crippen LogP contribution in [-0.2, 0) is 4.79 Å². The van der Waals surface area contributed by atoms with Crippen LogP contribution in [0.3, 0.4) is 0 Å². The number of rotatable bonds is 2. The van der Waals surface area contributed by atoms with Gasteiger partial charge in [-0.05, 0) is 45.9 Å². The summed E-state index contributed by atoms with van der Waals surface area (Å²) in [7, 11) is 2.12. The first-order chi connectivity index (χ1) is 7.25. The molecule has 2 heterocycles. The number of carbonyl (C=O) groups excluding carboxylic acids is 1. The van der Waals surface area contributed by atoms with E-state index in [1.54, 1.807) is 0 Å². The van der Waals surface area contributed by atoms with Crippen LogP contribution in [-0.4, -0.2) is 50.1 Å². The van der Waals surface area contributed by atoms with E-state index in [9.17, 15) is 4.79 Å². The van der Waals surface area contributed by atoms with Gasteiger partial charge in [-0.1, -0.05) is 0 Å². The van der Waals surface area contributed by atoms with Crippen LogP contribution in [0.4, 0.5) is 0 Å². The van der Waals surface area contributed by atoms with Crippen molar-refractivity contribution in [3.8, 4) is 0 Å². The van der Waals surface area contributed by atoms with Gasteiger partial charge >= 0.3 is 0 Å². The Balaban J connectivity index is 1.75. The Kier molecular flexibility index (Phi) is 3.59. The van der Waals surface area contributed by atoms with E-state index in [-0.39, 0.29) is 11.8 Å². The summed E-state index contributed by atoms with van der Waals surface area (Å²) in [6.07, 6.45) is 3.11. The summed E-state index contributed by atoms with van der Waals surface area (Å²) in [4.78, 5) is 14.2. The van der Waals surface area contributed by atoms with Crippen molar-refractivity contribution in [2.24, 2.45) is 5.92 Å². The van der Waals surface area contributed by atoms with Crippen molar-refractivity contribution in [1.82, 2.24) is 15.5 Å². The molecule has 4 heteroatoms. The van der Waals surface area contributed by atoms with Crippen molar-refractivity contribution in [2.45, 2.75) is 25.3 Å². The van der Waals surface area contributed by atoms with Gasteiger partial charge in [-0.25, -0.2) is 0 Å². The van der Waals surface area contributed by atoms with Crippen LogP contribution in [0.2, 0.25) is 0 Å². The quantitative estimate of drug-likeness (QED) is 0.665. The molecule has 2 rings (SSSR count). The van der Waals surface area contributed by atoms with Gasteiger partial charge < -0.3 is 15.5 Å². The van der Waals surface area contributed by atoms with E-state index in [0.29, 0.717) is 6.04 Å². The van der Waals surface area contributed by atoms with Gasteiger partial charge in [-0.3, -0.25) is 4.79 Å². The lowest BCUT2D eigenvalue weighted by Crippen LogP contribution is -2.43. The third kappa shape index (κ3) is 2.92. The van der Waals surface area contributed by atoms with Crippen molar-refractivity contribution in [3.63, 3.8) is 0 Å². The van der Waals surface area contributed by atoms with Crippen molar-refractivity contribution in [3.05, 3.63) is 0 Å². The minimum atomic E-state index is 0.252. The summed E-state index contributed by atoms with van der Waals surface area (Å²) in [5, 5.41) is 6.41. The van der Waals surface area contributed by atoms with E-state index < -0.39 is 0 Å². The van der Waals surface area contributed by atoms with Crippen LogP contribution in [0.15, 0.2) is 0 Å². The first kappa shape index (κ1) is 10.9. The molecule has 0 aromatic heterocycles.